The zero-order valence-corrected chi connectivity index (χ0v) is 7.46. The first kappa shape index (κ1) is 10.3. The van der Waals surface area contributed by atoms with Crippen molar-refractivity contribution in [2.24, 2.45) is 0 Å². The average Bonchev–Trinajstić information content (AvgIpc) is 2.00. The Morgan fingerprint density at radius 1 is 1.00 bits per heavy atom. The maximum Gasteiger partial charge on any atom is 0.157 e. The van der Waals surface area contributed by atoms with Gasteiger partial charge in [0.2, 0.25) is 0 Å². The quantitative estimate of drug-likeness (QED) is 0.537. The number of hydrogen-bond acceptors (Lipinski definition) is 0. The van der Waals surface area contributed by atoms with Gasteiger partial charge in [-0.15, -0.1) is 0 Å². The van der Waals surface area contributed by atoms with E-state index in [0.717, 1.165) is 0 Å². The van der Waals surface area contributed by atoms with Crippen LogP contribution in [0.15, 0.2) is 22.8 Å². The summed E-state index contributed by atoms with van der Waals surface area (Å²) in [4.78, 5) is 0. The minimum Gasteiger partial charge on any atom is -0.204 e. The van der Waals surface area contributed by atoms with Gasteiger partial charge in [-0.1, -0.05) is 6.92 Å². The van der Waals surface area contributed by atoms with E-state index in [1.54, 1.807) is 27.7 Å². The topological polar surface area (TPSA) is 0 Å². The molecule has 0 amide bonds. The minimum atomic E-state index is -0.718. The van der Waals surface area contributed by atoms with Crippen molar-refractivity contribution >= 4 is 0 Å². The first-order valence-corrected chi connectivity index (χ1v) is 3.69. The fourth-order valence-corrected chi connectivity index (χ4v) is 0.562. The van der Waals surface area contributed by atoms with Crippen LogP contribution < -0.4 is 0 Å². The average molecular weight is 160 g/mol. The molecule has 0 fully saturated rings. The molecule has 0 aliphatic rings. The first-order chi connectivity index (χ1) is 5.00. The van der Waals surface area contributed by atoms with E-state index in [1.807, 2.05) is 0 Å². The van der Waals surface area contributed by atoms with Gasteiger partial charge in [0.1, 0.15) is 0 Å². The van der Waals surface area contributed by atoms with Crippen molar-refractivity contribution in [2.45, 2.75) is 34.1 Å². The van der Waals surface area contributed by atoms with Crippen LogP contribution in [0.5, 0.6) is 0 Å². The van der Waals surface area contributed by atoms with Gasteiger partial charge in [-0.3, -0.25) is 0 Å². The molecule has 0 heterocycles. The summed E-state index contributed by atoms with van der Waals surface area (Å²) in [6.07, 6.45) is 0.548. The van der Waals surface area contributed by atoms with Crippen LogP contribution in [0.2, 0.25) is 0 Å². The number of allylic oxidation sites excluding steroid dienone is 4. The number of hydrogen-bond donors (Lipinski definition) is 0. The molecule has 0 saturated carbocycles. The Morgan fingerprint density at radius 2 is 1.45 bits per heavy atom. The van der Waals surface area contributed by atoms with Crippen LogP contribution in [-0.2, 0) is 0 Å². The summed E-state index contributed by atoms with van der Waals surface area (Å²) in [5.74, 6) is -1.42. The van der Waals surface area contributed by atoms with E-state index in [4.69, 9.17) is 0 Å². The van der Waals surface area contributed by atoms with Crippen molar-refractivity contribution in [1.82, 2.24) is 0 Å². The summed E-state index contributed by atoms with van der Waals surface area (Å²) < 4.78 is 25.7. The van der Waals surface area contributed by atoms with E-state index < -0.39 is 11.7 Å². The molecule has 0 bridgehead atoms. The number of rotatable bonds is 2. The zero-order chi connectivity index (χ0) is 9.02. The van der Waals surface area contributed by atoms with Gasteiger partial charge in [-0.2, -0.15) is 0 Å². The molecule has 0 aliphatic heterocycles. The van der Waals surface area contributed by atoms with Crippen molar-refractivity contribution < 1.29 is 8.78 Å². The molecule has 0 atom stereocenters. The largest absolute Gasteiger partial charge is 0.204 e. The summed E-state index contributed by atoms with van der Waals surface area (Å²) >= 11 is 0. The first-order valence-electron chi connectivity index (χ1n) is 3.69. The molecule has 0 saturated heterocycles. The summed E-state index contributed by atoms with van der Waals surface area (Å²) in [7, 11) is 0. The maximum absolute atomic E-state index is 12.9. The Labute approximate surface area is 66.6 Å². The Kier molecular flexibility index (Phi) is 4.01. The van der Waals surface area contributed by atoms with Gasteiger partial charge in [0.05, 0.1) is 0 Å². The van der Waals surface area contributed by atoms with E-state index in [2.05, 4.69) is 0 Å². The lowest BCUT2D eigenvalue weighted by atomic mass is 10.1. The molecular formula is C9H14F2. The van der Waals surface area contributed by atoms with Crippen molar-refractivity contribution in [3.8, 4) is 0 Å². The van der Waals surface area contributed by atoms with Gasteiger partial charge >= 0.3 is 0 Å². The fraction of sp³-hybridized carbons (Fsp3) is 0.556. The van der Waals surface area contributed by atoms with Crippen LogP contribution in [-0.4, -0.2) is 0 Å². The van der Waals surface area contributed by atoms with Gasteiger partial charge in [0, 0.05) is 0 Å². The molecule has 0 unspecified atom stereocenters. The van der Waals surface area contributed by atoms with Crippen molar-refractivity contribution in [3.63, 3.8) is 0 Å². The summed E-state index contributed by atoms with van der Waals surface area (Å²) in [6, 6.07) is 0. The Hall–Kier alpha value is -0.660. The highest BCUT2D eigenvalue weighted by Gasteiger charge is 2.07. The third-order valence-corrected chi connectivity index (χ3v) is 1.54. The van der Waals surface area contributed by atoms with Gasteiger partial charge in [-0.05, 0) is 38.3 Å². The van der Waals surface area contributed by atoms with Crippen LogP contribution in [0.25, 0.3) is 0 Å². The van der Waals surface area contributed by atoms with Crippen molar-refractivity contribution in [2.75, 3.05) is 0 Å². The molecule has 0 spiro atoms. The predicted molar refractivity (Wildman–Crippen MR) is 43.6 cm³/mol. The van der Waals surface area contributed by atoms with Crippen molar-refractivity contribution in [1.29, 1.82) is 0 Å². The summed E-state index contributed by atoms with van der Waals surface area (Å²) in [5, 5.41) is 0. The Balaban J connectivity index is 4.75. The third-order valence-electron chi connectivity index (χ3n) is 1.54. The lowest BCUT2D eigenvalue weighted by molar-refractivity contribution is 0.527. The van der Waals surface area contributed by atoms with E-state index in [9.17, 15) is 8.78 Å². The van der Waals surface area contributed by atoms with E-state index in [1.165, 1.54) is 0 Å². The molecule has 0 aromatic carbocycles. The lowest BCUT2D eigenvalue weighted by Gasteiger charge is -2.00. The van der Waals surface area contributed by atoms with Crippen LogP contribution in [0.3, 0.4) is 0 Å². The molecule has 64 valence electrons. The predicted octanol–water partition coefficient (Wildman–Crippen LogP) is 3.90. The highest BCUT2D eigenvalue weighted by atomic mass is 19.2. The fourth-order valence-electron chi connectivity index (χ4n) is 0.562. The smallest absolute Gasteiger partial charge is 0.157 e. The highest BCUT2D eigenvalue weighted by Crippen LogP contribution is 2.22. The van der Waals surface area contributed by atoms with E-state index >= 15 is 0 Å². The van der Waals surface area contributed by atoms with Gasteiger partial charge < -0.3 is 0 Å². The second-order valence-electron chi connectivity index (χ2n) is 2.76. The van der Waals surface area contributed by atoms with Crippen LogP contribution in [0.4, 0.5) is 8.78 Å². The van der Waals surface area contributed by atoms with Gasteiger partial charge in [0.15, 0.2) is 11.7 Å². The SMILES string of the molecule is CC/C(C)=C(/F)C(F)=C(C)C. The highest BCUT2D eigenvalue weighted by molar-refractivity contribution is 5.26. The monoisotopic (exact) mass is 160 g/mol. The molecule has 0 aromatic heterocycles. The molecule has 0 radical (unpaired) electrons. The van der Waals surface area contributed by atoms with Gasteiger partial charge in [0.25, 0.3) is 0 Å². The normalized spacial score (nSPS) is 12.5. The zero-order valence-electron chi connectivity index (χ0n) is 7.46. The van der Waals surface area contributed by atoms with Crippen LogP contribution >= 0.6 is 0 Å². The third kappa shape index (κ3) is 2.83. The standard InChI is InChI=1S/C9H14F2/c1-5-7(4)9(11)8(10)6(2)3/h5H2,1-4H3/b9-7+. The summed E-state index contributed by atoms with van der Waals surface area (Å²) in [5.41, 5.74) is 0.846. The summed E-state index contributed by atoms with van der Waals surface area (Å²) in [6.45, 7) is 6.50. The molecular weight excluding hydrogens is 146 g/mol. The lowest BCUT2D eigenvalue weighted by Crippen LogP contribution is -1.84. The van der Waals surface area contributed by atoms with Gasteiger partial charge in [-0.25, -0.2) is 8.78 Å². The molecule has 11 heavy (non-hydrogen) atoms. The molecule has 0 aromatic rings. The molecule has 0 nitrogen and oxygen atoms in total. The second-order valence-corrected chi connectivity index (χ2v) is 2.76. The van der Waals surface area contributed by atoms with E-state index in [0.29, 0.717) is 17.6 Å². The molecule has 0 aliphatic carbocycles. The van der Waals surface area contributed by atoms with Crippen LogP contribution in [0.1, 0.15) is 34.1 Å². The Bertz CT molecular complexity index is 196. The minimum absolute atomic E-state index is 0.385. The molecule has 2 heteroatoms. The maximum atomic E-state index is 12.9. The second kappa shape index (κ2) is 4.27. The van der Waals surface area contributed by atoms with Crippen LogP contribution in [0, 0.1) is 0 Å². The number of halogens is 2. The van der Waals surface area contributed by atoms with Crippen molar-refractivity contribution in [3.05, 3.63) is 22.8 Å². The Morgan fingerprint density at radius 3 is 1.73 bits per heavy atom. The van der Waals surface area contributed by atoms with E-state index in [-0.39, 0.29) is 0 Å². The molecule has 0 rings (SSSR count). The molecule has 0 N–H and O–H groups in total.